The zero-order chi connectivity index (χ0) is 16.6. The van der Waals surface area contributed by atoms with E-state index in [1.807, 2.05) is 13.0 Å². The van der Waals surface area contributed by atoms with Crippen molar-refractivity contribution in [3.8, 4) is 0 Å². The number of primary amides is 1. The van der Waals surface area contributed by atoms with Crippen LogP contribution in [0.25, 0.3) is 11.0 Å². The van der Waals surface area contributed by atoms with Crippen LogP contribution in [-0.2, 0) is 0 Å². The molecule has 0 saturated carbocycles. The predicted molar refractivity (Wildman–Crippen MR) is 83.8 cm³/mol. The summed E-state index contributed by atoms with van der Waals surface area (Å²) in [6.45, 7) is 1.88. The number of carbonyl (C=O) groups excluding carboxylic acids is 2. The van der Waals surface area contributed by atoms with Gasteiger partial charge in [-0.3, -0.25) is 9.59 Å². The van der Waals surface area contributed by atoms with E-state index in [9.17, 15) is 14.0 Å². The molecule has 1 aromatic heterocycles. The third-order valence-corrected chi connectivity index (χ3v) is 3.41. The number of fused-ring (bicyclic) bond motifs is 1. The fourth-order valence-corrected chi connectivity index (χ4v) is 2.29. The quantitative estimate of drug-likeness (QED) is 0.778. The first-order valence-corrected chi connectivity index (χ1v) is 6.85. The van der Waals surface area contributed by atoms with Gasteiger partial charge in [0.15, 0.2) is 0 Å². The summed E-state index contributed by atoms with van der Waals surface area (Å²) in [6.07, 6.45) is 0. The van der Waals surface area contributed by atoms with Gasteiger partial charge in [-0.25, -0.2) is 4.39 Å². The number of carbonyl (C=O) groups is 2. The largest absolute Gasteiger partial charge is 0.449 e. The van der Waals surface area contributed by atoms with Crippen LogP contribution in [0.3, 0.4) is 0 Å². The van der Waals surface area contributed by atoms with Crippen molar-refractivity contribution in [2.45, 2.75) is 6.92 Å². The lowest BCUT2D eigenvalue weighted by Crippen LogP contribution is -2.17. The first-order valence-electron chi connectivity index (χ1n) is 6.85. The first kappa shape index (κ1) is 14.8. The van der Waals surface area contributed by atoms with Gasteiger partial charge >= 0.3 is 0 Å². The molecule has 2 amide bonds. The molecule has 3 rings (SSSR count). The van der Waals surface area contributed by atoms with E-state index >= 15 is 0 Å². The molecule has 0 atom stereocenters. The van der Waals surface area contributed by atoms with E-state index in [4.69, 9.17) is 10.2 Å². The van der Waals surface area contributed by atoms with Gasteiger partial charge in [0.1, 0.15) is 17.1 Å². The van der Waals surface area contributed by atoms with Gasteiger partial charge in [0.25, 0.3) is 11.8 Å². The van der Waals surface area contributed by atoms with Crippen LogP contribution in [0, 0.1) is 12.7 Å². The van der Waals surface area contributed by atoms with Crippen molar-refractivity contribution in [1.29, 1.82) is 0 Å². The highest BCUT2D eigenvalue weighted by Crippen LogP contribution is 2.31. The SMILES string of the molecule is Cc1ccc2c(NC(=O)c3ccc(F)cc3)c(C(N)=O)oc2c1. The normalized spacial score (nSPS) is 10.7. The Balaban J connectivity index is 2.04. The van der Waals surface area contributed by atoms with Crippen molar-refractivity contribution in [1.82, 2.24) is 0 Å². The molecule has 1 heterocycles. The smallest absolute Gasteiger partial charge is 0.286 e. The molecule has 23 heavy (non-hydrogen) atoms. The molecule has 0 aliphatic heterocycles. The fraction of sp³-hybridized carbons (Fsp3) is 0.0588. The molecule has 116 valence electrons. The van der Waals surface area contributed by atoms with Gasteiger partial charge in [0.2, 0.25) is 5.76 Å². The van der Waals surface area contributed by atoms with Crippen molar-refractivity contribution in [2.24, 2.45) is 5.73 Å². The van der Waals surface area contributed by atoms with Gasteiger partial charge in [0.05, 0.1) is 0 Å². The molecule has 5 nitrogen and oxygen atoms in total. The standard InChI is InChI=1S/C17H13FN2O3/c1-9-2-7-12-13(8-9)23-15(16(19)21)14(12)20-17(22)10-3-5-11(18)6-4-10/h2-8H,1H3,(H2,19,21)(H,20,22). The summed E-state index contributed by atoms with van der Waals surface area (Å²) < 4.78 is 18.4. The van der Waals surface area contributed by atoms with Crippen molar-refractivity contribution in [3.05, 3.63) is 65.2 Å². The highest BCUT2D eigenvalue weighted by atomic mass is 19.1. The first-order chi connectivity index (χ1) is 11.0. The lowest BCUT2D eigenvalue weighted by Gasteiger charge is -2.05. The van der Waals surface area contributed by atoms with Crippen LogP contribution < -0.4 is 11.1 Å². The number of nitrogens with two attached hydrogens (primary N) is 1. The summed E-state index contributed by atoms with van der Waals surface area (Å²) in [4.78, 5) is 23.8. The second kappa shape index (κ2) is 5.57. The number of anilines is 1. The number of rotatable bonds is 3. The molecule has 6 heteroatoms. The molecule has 0 aliphatic carbocycles. The molecule has 0 bridgehead atoms. The van der Waals surface area contributed by atoms with Gasteiger partial charge in [-0.1, -0.05) is 6.07 Å². The van der Waals surface area contributed by atoms with Gasteiger partial charge in [-0.15, -0.1) is 0 Å². The van der Waals surface area contributed by atoms with Gasteiger partial charge in [-0.2, -0.15) is 0 Å². The van der Waals surface area contributed by atoms with E-state index < -0.39 is 17.6 Å². The van der Waals surface area contributed by atoms with Crippen molar-refractivity contribution < 1.29 is 18.4 Å². The van der Waals surface area contributed by atoms with Crippen molar-refractivity contribution in [2.75, 3.05) is 5.32 Å². The van der Waals surface area contributed by atoms with Crippen molar-refractivity contribution in [3.63, 3.8) is 0 Å². The lowest BCUT2D eigenvalue weighted by atomic mass is 10.1. The number of amides is 2. The number of hydrogen-bond acceptors (Lipinski definition) is 3. The van der Waals surface area contributed by atoms with Gasteiger partial charge in [-0.05, 0) is 48.9 Å². The van der Waals surface area contributed by atoms with Crippen LogP contribution in [0.5, 0.6) is 0 Å². The Labute approximate surface area is 130 Å². The molecular formula is C17H13FN2O3. The van der Waals surface area contributed by atoms with E-state index in [0.717, 1.165) is 5.56 Å². The number of furan rings is 1. The molecule has 0 fully saturated rings. The van der Waals surface area contributed by atoms with Crippen LogP contribution in [-0.4, -0.2) is 11.8 Å². The zero-order valence-corrected chi connectivity index (χ0v) is 12.2. The maximum atomic E-state index is 12.9. The van der Waals surface area contributed by atoms with E-state index in [0.29, 0.717) is 11.0 Å². The van der Waals surface area contributed by atoms with Crippen LogP contribution in [0.1, 0.15) is 26.5 Å². The van der Waals surface area contributed by atoms with Gasteiger partial charge < -0.3 is 15.5 Å². The van der Waals surface area contributed by atoms with Crippen molar-refractivity contribution >= 4 is 28.5 Å². The maximum Gasteiger partial charge on any atom is 0.286 e. The van der Waals surface area contributed by atoms with E-state index in [1.165, 1.54) is 24.3 Å². The maximum absolute atomic E-state index is 12.9. The molecule has 3 aromatic rings. The van der Waals surface area contributed by atoms with Crippen LogP contribution >= 0.6 is 0 Å². The number of aryl methyl sites for hydroxylation is 1. The Kier molecular flexibility index (Phi) is 3.57. The third kappa shape index (κ3) is 2.78. The monoisotopic (exact) mass is 312 g/mol. The van der Waals surface area contributed by atoms with E-state index in [-0.39, 0.29) is 17.0 Å². The van der Waals surface area contributed by atoms with Crippen LogP contribution in [0.15, 0.2) is 46.9 Å². The lowest BCUT2D eigenvalue weighted by molar-refractivity contribution is 0.0977. The average Bonchev–Trinajstić information content (AvgIpc) is 2.86. The molecule has 0 saturated heterocycles. The minimum absolute atomic E-state index is 0.124. The fourth-order valence-electron chi connectivity index (χ4n) is 2.29. The Morgan fingerprint density at radius 3 is 2.48 bits per heavy atom. The Bertz CT molecular complexity index is 913. The number of halogens is 1. The molecule has 0 aliphatic rings. The molecular weight excluding hydrogens is 299 g/mol. The summed E-state index contributed by atoms with van der Waals surface area (Å²) >= 11 is 0. The summed E-state index contributed by atoms with van der Waals surface area (Å²) in [7, 11) is 0. The summed E-state index contributed by atoms with van der Waals surface area (Å²) in [5.74, 6) is -1.84. The number of nitrogens with one attached hydrogen (secondary N) is 1. The number of benzene rings is 2. The van der Waals surface area contributed by atoms with Crippen LogP contribution in [0.2, 0.25) is 0 Å². The second-order valence-corrected chi connectivity index (χ2v) is 5.13. The second-order valence-electron chi connectivity index (χ2n) is 5.13. The summed E-state index contributed by atoms with van der Waals surface area (Å²) in [5.41, 5.74) is 7.18. The Hall–Kier alpha value is -3.15. The minimum Gasteiger partial charge on any atom is -0.449 e. The molecule has 0 spiro atoms. The highest BCUT2D eigenvalue weighted by Gasteiger charge is 2.21. The topological polar surface area (TPSA) is 85.3 Å². The Morgan fingerprint density at radius 1 is 1.13 bits per heavy atom. The highest BCUT2D eigenvalue weighted by molar-refractivity contribution is 6.14. The third-order valence-electron chi connectivity index (χ3n) is 3.41. The minimum atomic E-state index is -0.784. The molecule has 3 N–H and O–H groups in total. The van der Waals surface area contributed by atoms with Gasteiger partial charge in [0, 0.05) is 10.9 Å². The van der Waals surface area contributed by atoms with Crippen LogP contribution in [0.4, 0.5) is 10.1 Å². The molecule has 0 radical (unpaired) electrons. The zero-order valence-electron chi connectivity index (χ0n) is 12.2. The summed E-state index contributed by atoms with van der Waals surface area (Å²) in [5, 5.41) is 3.18. The molecule has 2 aromatic carbocycles. The summed E-state index contributed by atoms with van der Waals surface area (Å²) in [6, 6.07) is 10.4. The van der Waals surface area contributed by atoms with E-state index in [2.05, 4.69) is 5.32 Å². The number of hydrogen-bond donors (Lipinski definition) is 2. The Morgan fingerprint density at radius 2 is 1.83 bits per heavy atom. The predicted octanol–water partition coefficient (Wildman–Crippen LogP) is 3.23. The molecule has 0 unspecified atom stereocenters. The average molecular weight is 312 g/mol. The van der Waals surface area contributed by atoms with E-state index in [1.54, 1.807) is 12.1 Å².